The average molecular weight is 257 g/mol. The van der Waals surface area contributed by atoms with Gasteiger partial charge < -0.3 is 14.5 Å². The second kappa shape index (κ2) is 6.71. The summed E-state index contributed by atoms with van der Waals surface area (Å²) in [7, 11) is 1.37. The van der Waals surface area contributed by atoms with Gasteiger partial charge in [-0.3, -0.25) is 0 Å². The number of esters is 1. The number of aryl methyl sites for hydroxylation is 1. The van der Waals surface area contributed by atoms with Crippen molar-refractivity contribution in [1.29, 1.82) is 0 Å². The van der Waals surface area contributed by atoms with Gasteiger partial charge in [0.15, 0.2) is 0 Å². The predicted molar refractivity (Wildman–Crippen MR) is 69.5 cm³/mol. The predicted octanol–water partition coefficient (Wildman–Crippen LogP) is 2.22. The molecule has 4 nitrogen and oxygen atoms in total. The van der Waals surface area contributed by atoms with Crippen LogP contribution in [0, 0.1) is 6.92 Å². The number of nitrogens with one attached hydrogen (secondary N) is 1. The van der Waals surface area contributed by atoms with Crippen molar-refractivity contribution in [2.45, 2.75) is 26.4 Å². The Hall–Kier alpha value is -0.940. The number of hydrogen-bond acceptors (Lipinski definition) is 5. The van der Waals surface area contributed by atoms with Gasteiger partial charge in [0.05, 0.1) is 13.7 Å². The molecule has 5 heteroatoms. The van der Waals surface area contributed by atoms with Gasteiger partial charge in [-0.25, -0.2) is 4.79 Å². The lowest BCUT2D eigenvalue weighted by Gasteiger charge is -2.10. The summed E-state index contributed by atoms with van der Waals surface area (Å²) in [5, 5.41) is 3.33. The van der Waals surface area contributed by atoms with E-state index in [2.05, 4.69) is 23.2 Å². The molecule has 0 aliphatic rings. The standard InChI is InChI=1S/C12H19NO3S/c1-8(7-17-4)13-6-10-5-11(9(2)16-10)12(14)15-3/h5,8,13H,6-7H2,1-4H3. The molecule has 0 radical (unpaired) electrons. The SMILES string of the molecule is COC(=O)c1cc(CNC(C)CSC)oc1C. The summed E-state index contributed by atoms with van der Waals surface area (Å²) < 4.78 is 10.2. The van der Waals surface area contributed by atoms with Gasteiger partial charge in [-0.2, -0.15) is 11.8 Å². The third-order valence-corrected chi connectivity index (χ3v) is 3.25. The van der Waals surface area contributed by atoms with Crippen molar-refractivity contribution in [2.24, 2.45) is 0 Å². The van der Waals surface area contributed by atoms with Crippen LogP contribution >= 0.6 is 11.8 Å². The van der Waals surface area contributed by atoms with Crippen molar-refractivity contribution in [3.8, 4) is 0 Å². The maximum atomic E-state index is 11.4. The Morgan fingerprint density at radius 3 is 2.94 bits per heavy atom. The summed E-state index contributed by atoms with van der Waals surface area (Å²) in [5.74, 6) is 2.06. The molecule has 1 aromatic rings. The van der Waals surface area contributed by atoms with Crippen molar-refractivity contribution in [1.82, 2.24) is 5.32 Å². The summed E-state index contributed by atoms with van der Waals surface area (Å²) in [6.45, 7) is 4.51. The summed E-state index contributed by atoms with van der Waals surface area (Å²) in [6.07, 6.45) is 2.07. The van der Waals surface area contributed by atoms with Crippen molar-refractivity contribution < 1.29 is 13.9 Å². The molecule has 0 spiro atoms. The zero-order chi connectivity index (χ0) is 12.8. The summed E-state index contributed by atoms with van der Waals surface area (Å²) in [6, 6.07) is 2.15. The van der Waals surface area contributed by atoms with Crippen LogP contribution in [-0.4, -0.2) is 31.1 Å². The highest BCUT2D eigenvalue weighted by molar-refractivity contribution is 7.98. The quantitative estimate of drug-likeness (QED) is 0.792. The molecule has 0 saturated carbocycles. The third kappa shape index (κ3) is 4.09. The Labute approximate surface area is 106 Å². The molecule has 0 saturated heterocycles. The van der Waals surface area contributed by atoms with Gasteiger partial charge >= 0.3 is 5.97 Å². The zero-order valence-electron chi connectivity index (χ0n) is 10.7. The minimum atomic E-state index is -0.352. The van der Waals surface area contributed by atoms with Crippen LogP contribution in [0.4, 0.5) is 0 Å². The molecule has 1 atom stereocenters. The third-order valence-electron chi connectivity index (χ3n) is 2.42. The number of ether oxygens (including phenoxy) is 1. The van der Waals surface area contributed by atoms with E-state index in [-0.39, 0.29) is 5.97 Å². The number of thioether (sulfide) groups is 1. The Bertz CT molecular complexity index is 376. The molecule has 0 amide bonds. The first-order chi connectivity index (χ1) is 8.08. The topological polar surface area (TPSA) is 51.5 Å². The van der Waals surface area contributed by atoms with Crippen molar-refractivity contribution >= 4 is 17.7 Å². The smallest absolute Gasteiger partial charge is 0.341 e. The van der Waals surface area contributed by atoms with E-state index in [1.54, 1.807) is 24.8 Å². The number of rotatable bonds is 6. The van der Waals surface area contributed by atoms with Gasteiger partial charge in [0, 0.05) is 11.8 Å². The molecule has 1 unspecified atom stereocenters. The molecule has 0 aromatic carbocycles. The molecule has 0 aliphatic heterocycles. The Kier molecular flexibility index (Phi) is 5.58. The molecule has 0 aliphatic carbocycles. The van der Waals surface area contributed by atoms with E-state index in [1.807, 2.05) is 0 Å². The van der Waals surface area contributed by atoms with E-state index in [1.165, 1.54) is 7.11 Å². The van der Waals surface area contributed by atoms with E-state index < -0.39 is 0 Å². The van der Waals surface area contributed by atoms with Gasteiger partial charge in [0.25, 0.3) is 0 Å². The van der Waals surface area contributed by atoms with E-state index >= 15 is 0 Å². The van der Waals surface area contributed by atoms with Crippen LogP contribution in [0.1, 0.15) is 28.8 Å². The minimum Gasteiger partial charge on any atom is -0.465 e. The summed E-state index contributed by atoms with van der Waals surface area (Å²) in [4.78, 5) is 11.4. The molecule has 17 heavy (non-hydrogen) atoms. The first-order valence-electron chi connectivity index (χ1n) is 5.48. The lowest BCUT2D eigenvalue weighted by atomic mass is 10.2. The van der Waals surface area contributed by atoms with Gasteiger partial charge in [-0.15, -0.1) is 0 Å². The van der Waals surface area contributed by atoms with Crippen LogP contribution in [0.15, 0.2) is 10.5 Å². The van der Waals surface area contributed by atoms with Crippen LogP contribution in [0.25, 0.3) is 0 Å². The summed E-state index contributed by atoms with van der Waals surface area (Å²) in [5.41, 5.74) is 0.502. The number of carbonyl (C=O) groups excluding carboxylic acids is 1. The summed E-state index contributed by atoms with van der Waals surface area (Å²) >= 11 is 1.79. The van der Waals surface area contributed by atoms with Gasteiger partial charge in [0.2, 0.25) is 0 Å². The highest BCUT2D eigenvalue weighted by Gasteiger charge is 2.15. The number of furan rings is 1. The van der Waals surface area contributed by atoms with Gasteiger partial charge in [0.1, 0.15) is 17.1 Å². The van der Waals surface area contributed by atoms with Crippen LogP contribution in [0.5, 0.6) is 0 Å². The van der Waals surface area contributed by atoms with Gasteiger partial charge in [-0.1, -0.05) is 0 Å². The van der Waals surface area contributed by atoms with E-state index in [0.29, 0.717) is 23.9 Å². The number of methoxy groups -OCH3 is 1. The van der Waals surface area contributed by atoms with E-state index in [0.717, 1.165) is 11.5 Å². The molecule has 1 aromatic heterocycles. The Morgan fingerprint density at radius 2 is 2.35 bits per heavy atom. The van der Waals surface area contributed by atoms with Crippen LogP contribution in [-0.2, 0) is 11.3 Å². The van der Waals surface area contributed by atoms with E-state index in [9.17, 15) is 4.79 Å². The lowest BCUT2D eigenvalue weighted by molar-refractivity contribution is 0.0599. The molecular weight excluding hydrogens is 238 g/mol. The number of hydrogen-bond donors (Lipinski definition) is 1. The second-order valence-corrected chi connectivity index (χ2v) is 4.82. The van der Waals surface area contributed by atoms with Crippen LogP contribution < -0.4 is 5.32 Å². The molecule has 1 N–H and O–H groups in total. The molecule has 0 fully saturated rings. The highest BCUT2D eigenvalue weighted by atomic mass is 32.2. The van der Waals surface area contributed by atoms with E-state index in [4.69, 9.17) is 4.42 Å². The van der Waals surface area contributed by atoms with Crippen LogP contribution in [0.2, 0.25) is 0 Å². The van der Waals surface area contributed by atoms with Crippen molar-refractivity contribution in [3.05, 3.63) is 23.2 Å². The second-order valence-electron chi connectivity index (χ2n) is 3.91. The average Bonchev–Trinajstić information content (AvgIpc) is 2.67. The monoisotopic (exact) mass is 257 g/mol. The van der Waals surface area contributed by atoms with Crippen molar-refractivity contribution in [3.63, 3.8) is 0 Å². The molecule has 0 bridgehead atoms. The molecular formula is C12H19NO3S. The first kappa shape index (κ1) is 14.1. The normalized spacial score (nSPS) is 12.5. The lowest BCUT2D eigenvalue weighted by Crippen LogP contribution is -2.27. The Balaban J connectivity index is 2.58. The van der Waals surface area contributed by atoms with Crippen molar-refractivity contribution in [2.75, 3.05) is 19.1 Å². The molecule has 1 rings (SSSR count). The minimum absolute atomic E-state index is 0.352. The van der Waals surface area contributed by atoms with Crippen LogP contribution in [0.3, 0.4) is 0 Å². The first-order valence-corrected chi connectivity index (χ1v) is 6.87. The largest absolute Gasteiger partial charge is 0.465 e. The fourth-order valence-electron chi connectivity index (χ4n) is 1.53. The maximum absolute atomic E-state index is 11.4. The Morgan fingerprint density at radius 1 is 1.65 bits per heavy atom. The fraction of sp³-hybridized carbons (Fsp3) is 0.583. The molecule has 96 valence electrons. The maximum Gasteiger partial charge on any atom is 0.341 e. The highest BCUT2D eigenvalue weighted by Crippen LogP contribution is 2.15. The molecule has 1 heterocycles. The zero-order valence-corrected chi connectivity index (χ0v) is 11.5. The van der Waals surface area contributed by atoms with Gasteiger partial charge in [-0.05, 0) is 26.2 Å². The number of carbonyl (C=O) groups is 1. The fourth-order valence-corrected chi connectivity index (χ4v) is 2.15.